The molecule has 0 atom stereocenters. The van der Waals surface area contributed by atoms with Gasteiger partial charge in [0.05, 0.1) is 5.69 Å². The normalized spacial score (nSPS) is 12.0. The van der Waals surface area contributed by atoms with Crippen LogP contribution in [0.25, 0.3) is 108 Å². The Hall–Kier alpha value is -6.36. The minimum atomic E-state index is 0.543. The van der Waals surface area contributed by atoms with Gasteiger partial charge in [0, 0.05) is 36.7 Å². The average molecular weight is 655 g/mol. The van der Waals surface area contributed by atoms with E-state index in [1.54, 1.807) is 0 Å². The quantitative estimate of drug-likeness (QED) is 0.178. The maximum atomic E-state index is 6.31. The number of para-hydroxylation sites is 1. The number of benzene rings is 8. The summed E-state index contributed by atoms with van der Waals surface area (Å²) in [6, 6.07) is 56.2. The predicted molar refractivity (Wildman–Crippen MR) is 211 cm³/mol. The first-order chi connectivity index (χ1) is 24.8. The van der Waals surface area contributed by atoms with Gasteiger partial charge >= 0.3 is 0 Å². The van der Waals surface area contributed by atoms with Crippen LogP contribution in [-0.2, 0) is 0 Å². The number of furan rings is 1. The third kappa shape index (κ3) is 4.09. The first-order valence-electron chi connectivity index (χ1n) is 16.8. The smallest absolute Gasteiger partial charge is 0.246 e. The summed E-state index contributed by atoms with van der Waals surface area (Å²) in [5, 5.41) is 10.9. The lowest BCUT2D eigenvalue weighted by molar-refractivity contribution is 0.653. The van der Waals surface area contributed by atoms with E-state index in [0.717, 1.165) is 50.0 Å². The minimum absolute atomic E-state index is 0.543. The van der Waals surface area contributed by atoms with E-state index in [4.69, 9.17) is 14.4 Å². The fourth-order valence-corrected chi connectivity index (χ4v) is 8.84. The molecule has 3 nitrogen and oxygen atoms in total. The largest absolute Gasteiger partial charge is 0.436 e. The standard InChI is InChI=1S/C46H26N2OS/c1-2-10-27(11-3-1)28-18-20-30(21-19-28)43-44(47-45-34-16-8-9-17-39(34)49-46(45)48-43)37-24-31-13-5-6-14-32(31)35-25-38-41(26-36(35)37)50-40-23-22-29-12-4-7-15-33(29)42(38)40/h1-26H. The van der Waals surface area contributed by atoms with Crippen LogP contribution in [-0.4, -0.2) is 9.97 Å². The van der Waals surface area contributed by atoms with Crippen LogP contribution in [0.15, 0.2) is 162 Å². The lowest BCUT2D eigenvalue weighted by atomic mass is 9.92. The van der Waals surface area contributed by atoms with Gasteiger partial charge in [-0.1, -0.05) is 121 Å². The second kappa shape index (κ2) is 10.6. The molecule has 0 N–H and O–H groups in total. The SMILES string of the molecule is c1ccc(-c2ccc(-c3nc4oc5ccccc5c4nc3-c3cc4ccccc4c4cc5c(cc34)sc3ccc4ccccc4c35)cc2)cc1. The summed E-state index contributed by atoms with van der Waals surface area (Å²) in [5.74, 6) is 0. The summed E-state index contributed by atoms with van der Waals surface area (Å²) in [6.45, 7) is 0. The van der Waals surface area contributed by atoms with Crippen molar-refractivity contribution in [1.29, 1.82) is 0 Å². The topological polar surface area (TPSA) is 38.9 Å². The monoisotopic (exact) mass is 654 g/mol. The molecule has 11 rings (SSSR count). The van der Waals surface area contributed by atoms with Gasteiger partial charge in [0.15, 0.2) is 0 Å². The van der Waals surface area contributed by atoms with Crippen molar-refractivity contribution in [3.05, 3.63) is 158 Å². The van der Waals surface area contributed by atoms with Crippen molar-refractivity contribution >= 4 is 86.0 Å². The molecule has 0 radical (unpaired) electrons. The average Bonchev–Trinajstić information content (AvgIpc) is 3.74. The zero-order valence-electron chi connectivity index (χ0n) is 26.7. The van der Waals surface area contributed by atoms with Crippen LogP contribution in [0.1, 0.15) is 0 Å². The Labute approximate surface area is 290 Å². The highest BCUT2D eigenvalue weighted by Crippen LogP contribution is 2.45. The molecule has 11 aromatic rings. The van der Waals surface area contributed by atoms with Crippen molar-refractivity contribution in [2.45, 2.75) is 0 Å². The fourth-order valence-electron chi connectivity index (χ4n) is 7.70. The summed E-state index contributed by atoms with van der Waals surface area (Å²) in [4.78, 5) is 10.7. The Balaban J connectivity index is 1.24. The Morgan fingerprint density at radius 2 is 1.12 bits per heavy atom. The Kier molecular flexibility index (Phi) is 5.83. The minimum Gasteiger partial charge on any atom is -0.436 e. The van der Waals surface area contributed by atoms with Crippen molar-refractivity contribution in [2.24, 2.45) is 0 Å². The third-order valence-corrected chi connectivity index (χ3v) is 11.2. The summed E-state index contributed by atoms with van der Waals surface area (Å²) < 4.78 is 8.87. The van der Waals surface area contributed by atoms with E-state index in [9.17, 15) is 0 Å². The van der Waals surface area contributed by atoms with Crippen molar-refractivity contribution in [1.82, 2.24) is 9.97 Å². The summed E-state index contributed by atoms with van der Waals surface area (Å²) >= 11 is 1.86. The van der Waals surface area contributed by atoms with E-state index in [-0.39, 0.29) is 0 Å². The van der Waals surface area contributed by atoms with Gasteiger partial charge in [0.2, 0.25) is 5.71 Å². The van der Waals surface area contributed by atoms with Crippen molar-refractivity contribution in [2.75, 3.05) is 0 Å². The number of fused-ring (bicyclic) bond motifs is 11. The van der Waals surface area contributed by atoms with Gasteiger partial charge < -0.3 is 4.42 Å². The summed E-state index contributed by atoms with van der Waals surface area (Å²) in [6.07, 6.45) is 0. The van der Waals surface area contributed by atoms with E-state index < -0.39 is 0 Å². The van der Waals surface area contributed by atoms with Gasteiger partial charge in [0.1, 0.15) is 16.8 Å². The molecule has 4 heteroatoms. The lowest BCUT2D eigenvalue weighted by Crippen LogP contribution is -1.96. The van der Waals surface area contributed by atoms with E-state index in [2.05, 4.69) is 133 Å². The molecular weight excluding hydrogens is 629 g/mol. The zero-order valence-corrected chi connectivity index (χ0v) is 27.5. The number of rotatable bonds is 3. The van der Waals surface area contributed by atoms with Crippen LogP contribution >= 0.6 is 11.3 Å². The molecule has 3 heterocycles. The Morgan fingerprint density at radius 3 is 1.98 bits per heavy atom. The molecule has 3 aromatic heterocycles. The van der Waals surface area contributed by atoms with Gasteiger partial charge in [-0.3, -0.25) is 0 Å². The van der Waals surface area contributed by atoms with Crippen LogP contribution in [0, 0.1) is 0 Å². The van der Waals surface area contributed by atoms with Crippen molar-refractivity contribution < 1.29 is 4.42 Å². The summed E-state index contributed by atoms with van der Waals surface area (Å²) in [7, 11) is 0. The molecule has 0 bridgehead atoms. The van der Waals surface area contributed by atoms with Gasteiger partial charge in [-0.2, -0.15) is 0 Å². The second-order valence-corrected chi connectivity index (χ2v) is 14.0. The van der Waals surface area contributed by atoms with Gasteiger partial charge in [-0.15, -0.1) is 11.3 Å². The number of hydrogen-bond acceptors (Lipinski definition) is 4. The number of thiophene rings is 1. The molecule has 50 heavy (non-hydrogen) atoms. The molecule has 0 aliphatic heterocycles. The predicted octanol–water partition coefficient (Wildman–Crippen LogP) is 13.2. The third-order valence-electron chi connectivity index (χ3n) is 10.1. The van der Waals surface area contributed by atoms with E-state index >= 15 is 0 Å². The van der Waals surface area contributed by atoms with Gasteiger partial charge in [-0.25, -0.2) is 9.97 Å². The molecule has 0 saturated heterocycles. The molecule has 0 amide bonds. The van der Waals surface area contributed by atoms with Crippen LogP contribution in [0.4, 0.5) is 0 Å². The number of nitrogens with zero attached hydrogens (tertiary/aromatic N) is 2. The second-order valence-electron chi connectivity index (χ2n) is 12.9. The first-order valence-corrected chi connectivity index (χ1v) is 17.6. The van der Waals surface area contributed by atoms with Crippen LogP contribution < -0.4 is 0 Å². The van der Waals surface area contributed by atoms with Crippen molar-refractivity contribution in [3.63, 3.8) is 0 Å². The zero-order chi connectivity index (χ0) is 32.8. The molecule has 0 unspecified atom stereocenters. The number of hydrogen-bond donors (Lipinski definition) is 0. The number of aromatic nitrogens is 2. The molecule has 0 saturated carbocycles. The van der Waals surface area contributed by atoms with Gasteiger partial charge in [0.25, 0.3) is 0 Å². The Bertz CT molecular complexity index is 3140. The van der Waals surface area contributed by atoms with E-state index in [0.29, 0.717) is 5.71 Å². The van der Waals surface area contributed by atoms with E-state index in [1.807, 2.05) is 35.6 Å². The maximum absolute atomic E-state index is 6.31. The first kappa shape index (κ1) is 27.6. The van der Waals surface area contributed by atoms with Crippen molar-refractivity contribution in [3.8, 4) is 33.6 Å². The molecule has 0 aliphatic rings. The van der Waals surface area contributed by atoms with Crippen LogP contribution in [0.2, 0.25) is 0 Å². The fraction of sp³-hybridized carbons (Fsp3) is 0. The van der Waals surface area contributed by atoms with Crippen LogP contribution in [0.3, 0.4) is 0 Å². The highest BCUT2D eigenvalue weighted by atomic mass is 32.1. The molecule has 0 spiro atoms. The van der Waals surface area contributed by atoms with E-state index in [1.165, 1.54) is 52.7 Å². The lowest BCUT2D eigenvalue weighted by Gasteiger charge is -2.14. The Morgan fingerprint density at radius 1 is 0.420 bits per heavy atom. The molecule has 0 aliphatic carbocycles. The molecule has 8 aromatic carbocycles. The molecular formula is C46H26N2OS. The highest BCUT2D eigenvalue weighted by molar-refractivity contribution is 7.26. The molecule has 0 fully saturated rings. The summed E-state index contributed by atoms with van der Waals surface area (Å²) in [5.41, 5.74) is 8.14. The van der Waals surface area contributed by atoms with Gasteiger partial charge in [-0.05, 0) is 79.8 Å². The highest BCUT2D eigenvalue weighted by Gasteiger charge is 2.21. The maximum Gasteiger partial charge on any atom is 0.246 e. The van der Waals surface area contributed by atoms with Crippen LogP contribution in [0.5, 0.6) is 0 Å². The molecule has 232 valence electrons.